The minimum absolute atomic E-state index is 0.0486. The van der Waals surface area contributed by atoms with Crippen LogP contribution in [0.25, 0.3) is 0 Å². The van der Waals surface area contributed by atoms with E-state index in [-0.39, 0.29) is 24.9 Å². The zero-order valence-corrected chi connectivity index (χ0v) is 17.6. The second-order valence-electron chi connectivity index (χ2n) is 7.55. The third-order valence-electron chi connectivity index (χ3n) is 5.19. The number of carbonyl (C=O) groups excluding carboxylic acids is 3. The van der Waals surface area contributed by atoms with E-state index in [9.17, 15) is 14.4 Å². The topological polar surface area (TPSA) is 76.2 Å². The van der Waals surface area contributed by atoms with E-state index < -0.39 is 17.9 Å². The summed E-state index contributed by atoms with van der Waals surface area (Å²) in [6.07, 6.45) is 0. The van der Waals surface area contributed by atoms with Crippen LogP contribution in [-0.4, -0.2) is 47.8 Å². The Morgan fingerprint density at radius 1 is 0.767 bits per heavy atom. The molecule has 0 aromatic heterocycles. The summed E-state index contributed by atoms with van der Waals surface area (Å²) in [4.78, 5) is 41.4. The number of hydrogen-bond donors (Lipinski definition) is 0. The lowest BCUT2D eigenvalue weighted by molar-refractivity contribution is -0.170. The van der Waals surface area contributed by atoms with Crippen LogP contribution in [0.5, 0.6) is 11.5 Å². The van der Waals surface area contributed by atoms with Crippen LogP contribution in [-0.2, 0) is 27.5 Å². The number of ether oxygens (including phenoxy) is 2. The number of rotatable bonds is 7. The molecule has 1 aliphatic heterocycles. The van der Waals surface area contributed by atoms with Crippen LogP contribution in [0.4, 0.5) is 0 Å². The number of benzene rings is 2. The maximum atomic E-state index is 13.2. The highest BCUT2D eigenvalue weighted by Crippen LogP contribution is 2.25. The number of hydrogen-bond acceptors (Lipinski definition) is 5. The number of piperazine rings is 1. The number of imide groups is 1. The van der Waals surface area contributed by atoms with Crippen LogP contribution >= 0.6 is 0 Å². The molecule has 7 heteroatoms. The van der Waals surface area contributed by atoms with Crippen molar-refractivity contribution in [2.75, 3.05) is 14.2 Å². The molecule has 2 aromatic rings. The lowest BCUT2D eigenvalue weighted by Gasteiger charge is -2.40. The second kappa shape index (κ2) is 8.98. The first-order valence-electron chi connectivity index (χ1n) is 9.78. The summed E-state index contributed by atoms with van der Waals surface area (Å²) >= 11 is 0. The predicted molar refractivity (Wildman–Crippen MR) is 111 cm³/mol. The van der Waals surface area contributed by atoms with Gasteiger partial charge in [-0.1, -0.05) is 38.1 Å². The Hall–Kier alpha value is -3.35. The summed E-state index contributed by atoms with van der Waals surface area (Å²) in [6, 6.07) is 13.6. The smallest absolute Gasteiger partial charge is 0.319 e. The largest absolute Gasteiger partial charge is 0.497 e. The SMILES string of the molecule is COc1ccc(CN2C(=O)C(=O)N(Cc3ccc(OC)cc3)[C@@H](C(C)C)C2=O)cc1. The maximum absolute atomic E-state index is 13.2. The first kappa shape index (κ1) is 21.4. The van der Waals surface area contributed by atoms with E-state index in [0.29, 0.717) is 11.5 Å². The van der Waals surface area contributed by atoms with Gasteiger partial charge in [-0.15, -0.1) is 0 Å². The van der Waals surface area contributed by atoms with Crippen LogP contribution in [0.2, 0.25) is 0 Å². The van der Waals surface area contributed by atoms with Crippen LogP contribution in [0, 0.1) is 5.92 Å². The molecule has 0 spiro atoms. The van der Waals surface area contributed by atoms with Gasteiger partial charge in [0.2, 0.25) is 0 Å². The van der Waals surface area contributed by atoms with Crippen LogP contribution in [0.1, 0.15) is 25.0 Å². The van der Waals surface area contributed by atoms with Gasteiger partial charge in [-0.05, 0) is 41.3 Å². The molecule has 1 aliphatic rings. The summed E-state index contributed by atoms with van der Waals surface area (Å²) in [5.74, 6) is -0.609. The highest BCUT2D eigenvalue weighted by Gasteiger charge is 2.46. The van der Waals surface area contributed by atoms with Gasteiger partial charge in [0, 0.05) is 6.54 Å². The number of nitrogens with zero attached hydrogens (tertiary/aromatic N) is 2. The van der Waals surface area contributed by atoms with Gasteiger partial charge in [0.25, 0.3) is 5.91 Å². The van der Waals surface area contributed by atoms with Gasteiger partial charge in [-0.2, -0.15) is 0 Å². The zero-order valence-electron chi connectivity index (χ0n) is 17.6. The molecule has 1 atom stereocenters. The Morgan fingerprint density at radius 3 is 1.67 bits per heavy atom. The number of carbonyl (C=O) groups is 3. The molecule has 3 amide bonds. The summed E-state index contributed by atoms with van der Waals surface area (Å²) in [7, 11) is 3.14. The second-order valence-corrected chi connectivity index (χ2v) is 7.55. The van der Waals surface area contributed by atoms with Gasteiger partial charge >= 0.3 is 11.8 Å². The van der Waals surface area contributed by atoms with E-state index in [1.54, 1.807) is 50.6 Å². The van der Waals surface area contributed by atoms with Crippen molar-refractivity contribution in [1.82, 2.24) is 9.80 Å². The first-order chi connectivity index (χ1) is 14.3. The highest BCUT2D eigenvalue weighted by atomic mass is 16.5. The minimum Gasteiger partial charge on any atom is -0.497 e. The Labute approximate surface area is 176 Å². The molecular weight excluding hydrogens is 384 g/mol. The van der Waals surface area contributed by atoms with E-state index >= 15 is 0 Å². The van der Waals surface area contributed by atoms with E-state index in [1.807, 2.05) is 26.0 Å². The van der Waals surface area contributed by atoms with Gasteiger partial charge in [0.15, 0.2) is 0 Å². The Bertz CT molecular complexity index is 922. The fourth-order valence-corrected chi connectivity index (χ4v) is 3.56. The Morgan fingerprint density at radius 2 is 1.23 bits per heavy atom. The molecule has 0 N–H and O–H groups in total. The number of methoxy groups -OCH3 is 2. The standard InChI is InChI=1S/C23H26N2O5/c1-15(2)20-21(26)25(14-17-7-11-19(30-4)12-8-17)23(28)22(27)24(20)13-16-5-9-18(29-3)10-6-16/h5-12,15,20H,13-14H2,1-4H3/t20-/m0/s1. The van der Waals surface area contributed by atoms with Crippen molar-refractivity contribution >= 4 is 17.7 Å². The quantitative estimate of drug-likeness (QED) is 0.518. The third-order valence-corrected chi connectivity index (χ3v) is 5.19. The van der Waals surface area contributed by atoms with Gasteiger partial charge in [-0.3, -0.25) is 19.3 Å². The molecule has 0 unspecified atom stereocenters. The average Bonchev–Trinajstić information content (AvgIpc) is 2.75. The van der Waals surface area contributed by atoms with Crippen molar-refractivity contribution in [3.05, 3.63) is 59.7 Å². The molecule has 2 aromatic carbocycles. The Kier molecular flexibility index (Phi) is 6.40. The van der Waals surface area contributed by atoms with Crippen molar-refractivity contribution in [3.63, 3.8) is 0 Å². The van der Waals surface area contributed by atoms with Gasteiger partial charge < -0.3 is 14.4 Å². The molecule has 3 rings (SSSR count). The van der Waals surface area contributed by atoms with E-state index in [4.69, 9.17) is 9.47 Å². The van der Waals surface area contributed by atoms with E-state index in [2.05, 4.69) is 0 Å². The first-order valence-corrected chi connectivity index (χ1v) is 9.78. The van der Waals surface area contributed by atoms with Gasteiger partial charge in [0.05, 0.1) is 20.8 Å². The van der Waals surface area contributed by atoms with Crippen LogP contribution < -0.4 is 9.47 Å². The fraction of sp³-hybridized carbons (Fsp3) is 0.348. The highest BCUT2D eigenvalue weighted by molar-refractivity contribution is 6.40. The van der Waals surface area contributed by atoms with Crippen LogP contribution in [0.3, 0.4) is 0 Å². The van der Waals surface area contributed by atoms with Gasteiger partial charge in [0.1, 0.15) is 17.5 Å². The molecule has 0 aliphatic carbocycles. The third kappa shape index (κ3) is 4.30. The van der Waals surface area contributed by atoms with Crippen molar-refractivity contribution in [2.24, 2.45) is 5.92 Å². The summed E-state index contributed by atoms with van der Waals surface area (Å²) < 4.78 is 10.3. The maximum Gasteiger partial charge on any atom is 0.319 e. The molecule has 30 heavy (non-hydrogen) atoms. The summed E-state index contributed by atoms with van der Waals surface area (Å²) in [5.41, 5.74) is 1.57. The molecule has 158 valence electrons. The Balaban J connectivity index is 1.84. The molecule has 1 saturated heterocycles. The number of amides is 3. The zero-order chi connectivity index (χ0) is 21.8. The normalized spacial score (nSPS) is 17.0. The van der Waals surface area contributed by atoms with E-state index in [0.717, 1.165) is 16.0 Å². The summed E-state index contributed by atoms with van der Waals surface area (Å²) in [5, 5.41) is 0. The molecule has 0 bridgehead atoms. The fourth-order valence-electron chi connectivity index (χ4n) is 3.56. The molecule has 1 heterocycles. The average molecular weight is 410 g/mol. The van der Waals surface area contributed by atoms with Crippen molar-refractivity contribution in [1.29, 1.82) is 0 Å². The van der Waals surface area contributed by atoms with Crippen molar-refractivity contribution in [2.45, 2.75) is 33.0 Å². The minimum atomic E-state index is -0.804. The monoisotopic (exact) mass is 410 g/mol. The predicted octanol–water partition coefficient (Wildman–Crippen LogP) is 2.63. The van der Waals surface area contributed by atoms with E-state index in [1.165, 1.54) is 4.90 Å². The van der Waals surface area contributed by atoms with Crippen molar-refractivity contribution < 1.29 is 23.9 Å². The molecule has 0 radical (unpaired) electrons. The van der Waals surface area contributed by atoms with Crippen molar-refractivity contribution in [3.8, 4) is 11.5 Å². The van der Waals surface area contributed by atoms with Crippen LogP contribution in [0.15, 0.2) is 48.5 Å². The molecule has 1 fully saturated rings. The molecule has 0 saturated carbocycles. The lowest BCUT2D eigenvalue weighted by atomic mass is 9.96. The molecule has 7 nitrogen and oxygen atoms in total. The molecular formula is C23H26N2O5. The van der Waals surface area contributed by atoms with Gasteiger partial charge in [-0.25, -0.2) is 0 Å². The summed E-state index contributed by atoms with van der Waals surface area (Å²) in [6.45, 7) is 3.98. The lowest BCUT2D eigenvalue weighted by Crippen LogP contribution is -2.63.